The Hall–Kier alpha value is -2.00. The van der Waals surface area contributed by atoms with Crippen molar-refractivity contribution >= 4 is 0 Å². The molecular formula is C15H16F4N4O. The predicted octanol–water partition coefficient (Wildman–Crippen LogP) is 2.36. The lowest BCUT2D eigenvalue weighted by Crippen LogP contribution is -2.45. The largest absolute Gasteiger partial charge is 0.416 e. The van der Waals surface area contributed by atoms with Gasteiger partial charge in [0.05, 0.1) is 17.3 Å². The fourth-order valence-corrected chi connectivity index (χ4v) is 3.01. The lowest BCUT2D eigenvalue weighted by atomic mass is 9.99. The summed E-state index contributed by atoms with van der Waals surface area (Å²) < 4.78 is 54.3. The number of fused-ring (bicyclic) bond motifs is 1. The predicted molar refractivity (Wildman–Crippen MR) is 76.5 cm³/mol. The Bertz CT molecular complexity index is 769. The van der Waals surface area contributed by atoms with Gasteiger partial charge in [-0.3, -0.25) is 5.32 Å². The molecule has 1 aromatic carbocycles. The number of hydrogen-bond acceptors (Lipinski definition) is 4. The highest BCUT2D eigenvalue weighted by atomic mass is 19.4. The number of aliphatic hydroxyl groups is 1. The van der Waals surface area contributed by atoms with Gasteiger partial charge in [-0.15, -0.1) is 5.10 Å². The van der Waals surface area contributed by atoms with Gasteiger partial charge in [-0.05, 0) is 31.5 Å². The molecule has 2 aromatic rings. The molecule has 1 unspecified atom stereocenters. The van der Waals surface area contributed by atoms with Crippen LogP contribution >= 0.6 is 0 Å². The molecule has 1 aromatic heterocycles. The molecule has 1 aliphatic rings. The van der Waals surface area contributed by atoms with Crippen LogP contribution in [0.3, 0.4) is 0 Å². The van der Waals surface area contributed by atoms with Gasteiger partial charge in [0.15, 0.2) is 5.72 Å². The molecule has 0 saturated heterocycles. The van der Waals surface area contributed by atoms with Crippen LogP contribution in [0, 0.1) is 5.82 Å². The topological polar surface area (TPSA) is 63.0 Å². The van der Waals surface area contributed by atoms with E-state index in [9.17, 15) is 22.7 Å². The molecule has 2 heterocycles. The molecule has 1 aliphatic heterocycles. The summed E-state index contributed by atoms with van der Waals surface area (Å²) in [4.78, 5) is 0. The molecule has 0 spiro atoms. The number of halogens is 4. The number of hydrogen-bond donors (Lipinski definition) is 2. The third kappa shape index (κ3) is 2.78. The Morgan fingerprint density at radius 3 is 2.75 bits per heavy atom. The van der Waals surface area contributed by atoms with Crippen LogP contribution in [0.1, 0.15) is 42.4 Å². The van der Waals surface area contributed by atoms with Crippen molar-refractivity contribution in [2.45, 2.75) is 38.2 Å². The van der Waals surface area contributed by atoms with Gasteiger partial charge < -0.3 is 5.11 Å². The summed E-state index contributed by atoms with van der Waals surface area (Å²) in [7, 11) is 0. The van der Waals surface area contributed by atoms with Gasteiger partial charge >= 0.3 is 6.18 Å². The number of rotatable bonds is 2. The molecular weight excluding hydrogens is 328 g/mol. The Morgan fingerprint density at radius 1 is 1.38 bits per heavy atom. The molecule has 0 amide bonds. The summed E-state index contributed by atoms with van der Waals surface area (Å²) in [6.07, 6.45) is -4.22. The van der Waals surface area contributed by atoms with Crippen molar-refractivity contribution in [1.29, 1.82) is 0 Å². The summed E-state index contributed by atoms with van der Waals surface area (Å²) in [5.74, 6) is -0.953. The molecule has 2 N–H and O–H groups in total. The second-order valence-electron chi connectivity index (χ2n) is 5.98. The second kappa shape index (κ2) is 5.52. The first kappa shape index (κ1) is 16.8. The fourth-order valence-electron chi connectivity index (χ4n) is 3.01. The van der Waals surface area contributed by atoms with E-state index in [1.54, 1.807) is 0 Å². The highest BCUT2D eigenvalue weighted by Crippen LogP contribution is 2.37. The van der Waals surface area contributed by atoms with Crippen molar-refractivity contribution in [1.82, 2.24) is 20.3 Å². The van der Waals surface area contributed by atoms with Crippen LogP contribution in [0.5, 0.6) is 0 Å². The average Bonchev–Trinajstić information content (AvgIpc) is 2.91. The number of nitrogens with zero attached hydrogens (tertiary/aromatic N) is 3. The summed E-state index contributed by atoms with van der Waals surface area (Å²) in [5, 5.41) is 20.9. The van der Waals surface area contributed by atoms with Crippen LogP contribution in [0.2, 0.25) is 0 Å². The molecule has 24 heavy (non-hydrogen) atoms. The van der Waals surface area contributed by atoms with Crippen LogP contribution in [0.15, 0.2) is 18.2 Å². The monoisotopic (exact) mass is 344 g/mol. The van der Waals surface area contributed by atoms with Gasteiger partial charge in [-0.1, -0.05) is 11.3 Å². The number of nitrogens with one attached hydrogen (secondary N) is 1. The number of benzene rings is 1. The number of aromatic nitrogens is 3. The van der Waals surface area contributed by atoms with E-state index < -0.39 is 29.3 Å². The summed E-state index contributed by atoms with van der Waals surface area (Å²) >= 11 is 0. The average molecular weight is 344 g/mol. The molecule has 0 saturated carbocycles. The van der Waals surface area contributed by atoms with E-state index >= 15 is 0 Å². The first-order valence-electron chi connectivity index (χ1n) is 7.40. The van der Waals surface area contributed by atoms with Gasteiger partial charge in [-0.2, -0.15) is 13.2 Å². The summed E-state index contributed by atoms with van der Waals surface area (Å²) in [6.45, 7) is 3.48. The lowest BCUT2D eigenvalue weighted by molar-refractivity contribution is -0.138. The van der Waals surface area contributed by atoms with Crippen molar-refractivity contribution in [3.63, 3.8) is 0 Å². The Labute approximate surface area is 135 Å². The molecule has 9 heteroatoms. The Balaban J connectivity index is 2.09. The molecule has 2 atom stereocenters. The summed E-state index contributed by atoms with van der Waals surface area (Å²) in [5.41, 5.74) is -1.68. The van der Waals surface area contributed by atoms with Crippen LogP contribution in [-0.2, 0) is 18.3 Å². The first-order chi connectivity index (χ1) is 11.1. The van der Waals surface area contributed by atoms with E-state index in [0.29, 0.717) is 24.7 Å². The van der Waals surface area contributed by atoms with E-state index in [4.69, 9.17) is 0 Å². The maximum atomic E-state index is 13.3. The minimum atomic E-state index is -4.68. The highest BCUT2D eigenvalue weighted by molar-refractivity contribution is 5.34. The van der Waals surface area contributed by atoms with E-state index in [0.717, 1.165) is 12.1 Å². The molecule has 5 nitrogen and oxygen atoms in total. The van der Waals surface area contributed by atoms with Gasteiger partial charge in [0.1, 0.15) is 11.5 Å². The van der Waals surface area contributed by atoms with E-state index in [2.05, 4.69) is 15.6 Å². The van der Waals surface area contributed by atoms with Crippen LogP contribution in [0.4, 0.5) is 17.6 Å². The zero-order valence-corrected chi connectivity index (χ0v) is 13.0. The van der Waals surface area contributed by atoms with E-state index in [1.807, 2.05) is 0 Å². The van der Waals surface area contributed by atoms with E-state index in [1.165, 1.54) is 18.5 Å². The SMILES string of the molecule is CC(c1ccc(F)cc1C(F)(F)F)n1nnc2c1CCN[C@@]2(C)O. The minimum Gasteiger partial charge on any atom is -0.370 e. The van der Waals surface area contributed by atoms with Gasteiger partial charge in [0.2, 0.25) is 0 Å². The maximum absolute atomic E-state index is 13.3. The van der Waals surface area contributed by atoms with Crippen LogP contribution in [0.25, 0.3) is 0 Å². The smallest absolute Gasteiger partial charge is 0.370 e. The molecule has 130 valence electrons. The second-order valence-corrected chi connectivity index (χ2v) is 5.98. The standard InChI is InChI=1S/C15H16F4N4O/c1-8(10-4-3-9(16)7-11(10)15(17,18)19)23-12-5-6-20-14(2,24)13(12)21-22-23/h3-4,7-8,20,24H,5-6H2,1-2H3/t8?,14-/m0/s1. The van der Waals surface area contributed by atoms with Crippen molar-refractivity contribution in [3.05, 3.63) is 46.5 Å². The third-order valence-corrected chi connectivity index (χ3v) is 4.22. The lowest BCUT2D eigenvalue weighted by Gasteiger charge is -2.29. The van der Waals surface area contributed by atoms with Crippen LogP contribution < -0.4 is 5.32 Å². The van der Waals surface area contributed by atoms with E-state index in [-0.39, 0.29) is 11.3 Å². The molecule has 3 rings (SSSR count). The first-order valence-corrected chi connectivity index (χ1v) is 7.40. The Kier molecular flexibility index (Phi) is 3.88. The molecule has 0 radical (unpaired) electrons. The third-order valence-electron chi connectivity index (χ3n) is 4.22. The molecule has 0 fully saturated rings. The normalized spacial score (nSPS) is 22.3. The highest BCUT2D eigenvalue weighted by Gasteiger charge is 2.38. The Morgan fingerprint density at radius 2 is 2.08 bits per heavy atom. The zero-order valence-electron chi connectivity index (χ0n) is 13.0. The van der Waals surface area contributed by atoms with Crippen molar-refractivity contribution in [2.75, 3.05) is 6.54 Å². The van der Waals surface area contributed by atoms with Gasteiger partial charge in [0, 0.05) is 13.0 Å². The van der Waals surface area contributed by atoms with Crippen molar-refractivity contribution in [3.8, 4) is 0 Å². The molecule has 0 aliphatic carbocycles. The quantitative estimate of drug-likeness (QED) is 0.821. The van der Waals surface area contributed by atoms with Crippen molar-refractivity contribution in [2.24, 2.45) is 0 Å². The fraction of sp³-hybridized carbons (Fsp3) is 0.467. The number of alkyl halides is 3. The molecule has 0 bridgehead atoms. The van der Waals surface area contributed by atoms with Gasteiger partial charge in [-0.25, -0.2) is 9.07 Å². The summed E-state index contributed by atoms with van der Waals surface area (Å²) in [6, 6.07) is 1.76. The van der Waals surface area contributed by atoms with Crippen LogP contribution in [-0.4, -0.2) is 26.6 Å². The zero-order chi connectivity index (χ0) is 17.7. The maximum Gasteiger partial charge on any atom is 0.416 e. The van der Waals surface area contributed by atoms with Crippen molar-refractivity contribution < 1.29 is 22.7 Å². The van der Waals surface area contributed by atoms with Gasteiger partial charge in [0.25, 0.3) is 0 Å². The minimum absolute atomic E-state index is 0.102.